The van der Waals surface area contributed by atoms with Gasteiger partial charge >= 0.3 is 6.61 Å². The van der Waals surface area contributed by atoms with E-state index in [1.165, 1.54) is 20.1 Å². The van der Waals surface area contributed by atoms with Crippen LogP contribution in [-0.2, 0) is 9.53 Å². The highest BCUT2D eigenvalue weighted by Crippen LogP contribution is 2.22. The fourth-order valence-corrected chi connectivity index (χ4v) is 1.12. The van der Waals surface area contributed by atoms with Crippen LogP contribution in [0.1, 0.15) is 6.92 Å². The first-order valence-corrected chi connectivity index (χ1v) is 5.02. The van der Waals surface area contributed by atoms with Gasteiger partial charge in [-0.15, -0.1) is 0 Å². The molecule has 1 amide bonds. The number of hydrogen-bond donors (Lipinski definition) is 1. The van der Waals surface area contributed by atoms with E-state index in [-0.39, 0.29) is 5.69 Å². The predicted molar refractivity (Wildman–Crippen MR) is 58.1 cm³/mol. The molecule has 18 heavy (non-hydrogen) atoms. The lowest BCUT2D eigenvalue weighted by atomic mass is 10.2. The molecule has 100 valence electrons. The molecule has 0 aliphatic carbocycles. The highest BCUT2D eigenvalue weighted by Gasteiger charge is 2.14. The first-order chi connectivity index (χ1) is 8.43. The second kappa shape index (κ2) is 6.25. The molecule has 0 aromatic heterocycles. The molecule has 0 fully saturated rings. The molecule has 1 unspecified atom stereocenters. The van der Waals surface area contributed by atoms with Crippen molar-refractivity contribution in [2.45, 2.75) is 19.6 Å². The number of halogens is 3. The molecule has 0 bridgehead atoms. The van der Waals surface area contributed by atoms with E-state index >= 15 is 0 Å². The number of ether oxygens (including phenoxy) is 2. The van der Waals surface area contributed by atoms with Gasteiger partial charge in [0.25, 0.3) is 5.91 Å². The number of alkyl halides is 2. The van der Waals surface area contributed by atoms with Gasteiger partial charge in [-0.2, -0.15) is 8.78 Å². The number of methoxy groups -OCH3 is 1. The van der Waals surface area contributed by atoms with E-state index in [4.69, 9.17) is 4.74 Å². The molecular weight excluding hydrogens is 251 g/mol. The number of carbonyl (C=O) groups excluding carboxylic acids is 1. The molecular formula is C11H12F3NO3. The zero-order valence-corrected chi connectivity index (χ0v) is 9.75. The van der Waals surface area contributed by atoms with E-state index < -0.39 is 30.2 Å². The number of rotatable bonds is 5. The third-order valence-corrected chi connectivity index (χ3v) is 2.14. The maximum Gasteiger partial charge on any atom is 0.387 e. The molecule has 1 atom stereocenters. The summed E-state index contributed by atoms with van der Waals surface area (Å²) in [4.78, 5) is 11.4. The van der Waals surface area contributed by atoms with Crippen molar-refractivity contribution in [3.63, 3.8) is 0 Å². The number of amides is 1. The minimum atomic E-state index is -3.10. The average Bonchev–Trinajstić information content (AvgIpc) is 2.31. The Morgan fingerprint density at radius 2 is 2.06 bits per heavy atom. The van der Waals surface area contributed by atoms with Crippen LogP contribution < -0.4 is 10.1 Å². The highest BCUT2D eigenvalue weighted by molar-refractivity contribution is 5.93. The molecule has 1 N–H and O–H groups in total. The van der Waals surface area contributed by atoms with E-state index in [9.17, 15) is 18.0 Å². The number of anilines is 1. The van der Waals surface area contributed by atoms with Crippen molar-refractivity contribution in [1.29, 1.82) is 0 Å². The summed E-state index contributed by atoms with van der Waals surface area (Å²) in [6.45, 7) is -1.59. The summed E-state index contributed by atoms with van der Waals surface area (Å²) in [5.41, 5.74) is 0.128. The predicted octanol–water partition coefficient (Wildman–Crippen LogP) is 2.40. The largest absolute Gasteiger partial charge is 0.432 e. The van der Waals surface area contributed by atoms with E-state index in [2.05, 4.69) is 10.1 Å². The lowest BCUT2D eigenvalue weighted by Crippen LogP contribution is -2.26. The SMILES string of the molecule is COC(C)C(=O)Nc1ccc(OC(F)F)c(F)c1. The molecule has 0 heterocycles. The quantitative estimate of drug-likeness (QED) is 0.887. The van der Waals surface area contributed by atoms with Gasteiger partial charge in [-0.3, -0.25) is 4.79 Å². The van der Waals surface area contributed by atoms with Crippen LogP contribution in [-0.4, -0.2) is 25.7 Å². The standard InChI is InChI=1S/C11H12F3NO3/c1-6(17-2)10(16)15-7-3-4-9(8(12)5-7)18-11(13)14/h3-6,11H,1-2H3,(H,15,16). The normalized spacial score (nSPS) is 12.3. The smallest absolute Gasteiger partial charge is 0.387 e. The molecule has 1 aromatic carbocycles. The molecule has 0 spiro atoms. The lowest BCUT2D eigenvalue weighted by molar-refractivity contribution is -0.124. The topological polar surface area (TPSA) is 47.6 Å². The summed E-state index contributed by atoms with van der Waals surface area (Å²) in [6, 6.07) is 3.15. The third kappa shape index (κ3) is 3.92. The van der Waals surface area contributed by atoms with Gasteiger partial charge in [-0.1, -0.05) is 0 Å². The minimum Gasteiger partial charge on any atom is -0.432 e. The van der Waals surface area contributed by atoms with Crippen LogP contribution in [0.3, 0.4) is 0 Å². The van der Waals surface area contributed by atoms with Crippen molar-refractivity contribution in [2.24, 2.45) is 0 Å². The van der Waals surface area contributed by atoms with Crippen molar-refractivity contribution < 1.29 is 27.4 Å². The molecule has 0 saturated carbocycles. The third-order valence-electron chi connectivity index (χ3n) is 2.14. The molecule has 0 radical (unpaired) electrons. The van der Waals surface area contributed by atoms with Gasteiger partial charge < -0.3 is 14.8 Å². The Balaban J connectivity index is 2.75. The van der Waals surface area contributed by atoms with Crippen molar-refractivity contribution in [2.75, 3.05) is 12.4 Å². The van der Waals surface area contributed by atoms with Crippen LogP contribution in [0.2, 0.25) is 0 Å². The zero-order valence-electron chi connectivity index (χ0n) is 9.75. The van der Waals surface area contributed by atoms with Crippen molar-refractivity contribution in [3.05, 3.63) is 24.0 Å². The lowest BCUT2D eigenvalue weighted by Gasteiger charge is -2.11. The molecule has 1 aromatic rings. The van der Waals surface area contributed by atoms with Gasteiger partial charge in [0.2, 0.25) is 0 Å². The number of hydrogen-bond acceptors (Lipinski definition) is 3. The summed E-state index contributed by atoms with van der Waals surface area (Å²) in [6.07, 6.45) is -0.704. The molecule has 0 aliphatic heterocycles. The Kier molecular flexibility index (Phi) is 4.96. The Hall–Kier alpha value is -1.76. The first-order valence-electron chi connectivity index (χ1n) is 5.02. The Labute approximate surface area is 102 Å². The summed E-state index contributed by atoms with van der Waals surface area (Å²) in [5, 5.41) is 2.37. The van der Waals surface area contributed by atoms with Crippen molar-refractivity contribution in [3.8, 4) is 5.75 Å². The Morgan fingerprint density at radius 3 is 2.56 bits per heavy atom. The molecule has 1 rings (SSSR count). The van der Waals surface area contributed by atoms with Crippen molar-refractivity contribution in [1.82, 2.24) is 0 Å². The summed E-state index contributed by atoms with van der Waals surface area (Å²) in [5.74, 6) is -2.04. The number of benzene rings is 1. The Bertz CT molecular complexity index is 426. The van der Waals surface area contributed by atoms with Gasteiger partial charge in [0.05, 0.1) is 0 Å². The molecule has 0 saturated heterocycles. The van der Waals surface area contributed by atoms with Crippen molar-refractivity contribution >= 4 is 11.6 Å². The van der Waals surface area contributed by atoms with E-state index in [1.54, 1.807) is 0 Å². The first kappa shape index (κ1) is 14.3. The molecule has 4 nitrogen and oxygen atoms in total. The van der Waals surface area contributed by atoms with Crippen LogP contribution in [0.5, 0.6) is 5.75 Å². The fraction of sp³-hybridized carbons (Fsp3) is 0.364. The maximum absolute atomic E-state index is 13.3. The Morgan fingerprint density at radius 1 is 1.39 bits per heavy atom. The maximum atomic E-state index is 13.3. The minimum absolute atomic E-state index is 0.128. The molecule has 7 heteroatoms. The van der Waals surface area contributed by atoms with Gasteiger partial charge in [0.1, 0.15) is 6.10 Å². The van der Waals surface area contributed by atoms with Gasteiger partial charge in [-0.05, 0) is 19.1 Å². The van der Waals surface area contributed by atoms with Gasteiger partial charge in [0.15, 0.2) is 11.6 Å². The number of nitrogens with one attached hydrogen (secondary N) is 1. The van der Waals surface area contributed by atoms with E-state index in [0.717, 1.165) is 12.1 Å². The average molecular weight is 263 g/mol. The second-order valence-corrected chi connectivity index (χ2v) is 3.39. The van der Waals surface area contributed by atoms with Crippen LogP contribution >= 0.6 is 0 Å². The van der Waals surface area contributed by atoms with E-state index in [1.807, 2.05) is 0 Å². The van der Waals surface area contributed by atoms with Crippen LogP contribution in [0.4, 0.5) is 18.9 Å². The molecule has 0 aliphatic rings. The van der Waals surface area contributed by atoms with Gasteiger partial charge in [0, 0.05) is 18.9 Å². The second-order valence-electron chi connectivity index (χ2n) is 3.39. The summed E-state index contributed by atoms with van der Waals surface area (Å²) < 4.78 is 45.8. The highest BCUT2D eigenvalue weighted by atomic mass is 19.3. The van der Waals surface area contributed by atoms with Crippen LogP contribution in [0, 0.1) is 5.82 Å². The van der Waals surface area contributed by atoms with E-state index in [0.29, 0.717) is 0 Å². The zero-order chi connectivity index (χ0) is 13.7. The summed E-state index contributed by atoms with van der Waals surface area (Å²) >= 11 is 0. The van der Waals surface area contributed by atoms with Crippen LogP contribution in [0.15, 0.2) is 18.2 Å². The number of carbonyl (C=O) groups is 1. The monoisotopic (exact) mass is 263 g/mol. The van der Waals surface area contributed by atoms with Gasteiger partial charge in [-0.25, -0.2) is 4.39 Å². The fourth-order valence-electron chi connectivity index (χ4n) is 1.12. The van der Waals surface area contributed by atoms with Crippen LogP contribution in [0.25, 0.3) is 0 Å². The summed E-state index contributed by atoms with van der Waals surface area (Å²) in [7, 11) is 1.35.